The third kappa shape index (κ3) is 5.88. The van der Waals surface area contributed by atoms with Crippen LogP contribution in [0, 0.1) is 0 Å². The Kier molecular flexibility index (Phi) is 6.90. The summed E-state index contributed by atoms with van der Waals surface area (Å²) in [5.41, 5.74) is 1.20. The maximum absolute atomic E-state index is 11.4. The Hall–Kier alpha value is -1.44. The zero-order chi connectivity index (χ0) is 23.0. The van der Waals surface area contributed by atoms with E-state index in [-0.39, 0.29) is 22.5 Å². The van der Waals surface area contributed by atoms with E-state index in [0.717, 1.165) is 42.0 Å². The van der Waals surface area contributed by atoms with Crippen LogP contribution in [0.5, 0.6) is 5.75 Å². The normalized spacial score (nSPS) is 20.5. The van der Waals surface area contributed by atoms with Crippen LogP contribution in [0.15, 0.2) is 17.0 Å². The fourth-order valence-electron chi connectivity index (χ4n) is 4.30. The van der Waals surface area contributed by atoms with Crippen molar-refractivity contribution in [3.8, 4) is 5.75 Å². The first kappa shape index (κ1) is 24.2. The Morgan fingerprint density at radius 1 is 1.13 bits per heavy atom. The number of nitrogens with zero attached hydrogens (tertiary/aromatic N) is 1. The molecule has 0 aromatic heterocycles. The van der Waals surface area contributed by atoms with Gasteiger partial charge in [0.25, 0.3) is 0 Å². The minimum Gasteiger partial charge on any atom is -0.507 e. The summed E-state index contributed by atoms with van der Waals surface area (Å²) in [6.45, 7) is 15.5. The van der Waals surface area contributed by atoms with E-state index >= 15 is 0 Å². The molecule has 2 heterocycles. The van der Waals surface area contributed by atoms with E-state index in [0.29, 0.717) is 24.6 Å². The number of nitrogens with one attached hydrogen (secondary N) is 1. The largest absolute Gasteiger partial charge is 0.507 e. The predicted octanol–water partition coefficient (Wildman–Crippen LogP) is 4.01. The standard InChI is InChI=1S/C24H38N2O4S/c1-22(2,3)18-11-17(12-19(20(18)28)23(4,5)6)31-14-16(27)13-26-9-7-24(8-10-26)15-25-21(29)30-24/h11-12,16,27-28H,7-10,13-15H2,1-6H3,(H,25,29). The maximum Gasteiger partial charge on any atom is 0.407 e. The van der Waals surface area contributed by atoms with Gasteiger partial charge in [0.05, 0.1) is 12.6 Å². The molecular weight excluding hydrogens is 412 g/mol. The first-order valence-corrected chi connectivity index (χ1v) is 12.2. The summed E-state index contributed by atoms with van der Waals surface area (Å²) in [5, 5.41) is 24.3. The summed E-state index contributed by atoms with van der Waals surface area (Å²) in [5.74, 6) is 0.977. The molecule has 1 amide bonds. The second-order valence-corrected chi connectivity index (χ2v) is 12.2. The van der Waals surface area contributed by atoms with Crippen LogP contribution in [0.1, 0.15) is 65.5 Å². The Balaban J connectivity index is 1.60. The molecule has 3 rings (SSSR count). The van der Waals surface area contributed by atoms with Gasteiger partial charge in [-0.1, -0.05) is 41.5 Å². The van der Waals surface area contributed by atoms with Crippen molar-refractivity contribution in [2.24, 2.45) is 0 Å². The summed E-state index contributed by atoms with van der Waals surface area (Å²) >= 11 is 1.64. The third-order valence-corrected chi connectivity index (χ3v) is 7.36. The fourth-order valence-corrected chi connectivity index (χ4v) is 5.19. The zero-order valence-corrected chi connectivity index (χ0v) is 20.6. The van der Waals surface area contributed by atoms with E-state index in [9.17, 15) is 15.0 Å². The minimum absolute atomic E-state index is 0.165. The molecule has 2 aliphatic rings. The van der Waals surface area contributed by atoms with Crippen LogP contribution in [0.2, 0.25) is 0 Å². The van der Waals surface area contributed by atoms with Gasteiger partial charge < -0.3 is 25.2 Å². The van der Waals surface area contributed by atoms with Crippen molar-refractivity contribution >= 4 is 17.9 Å². The highest BCUT2D eigenvalue weighted by atomic mass is 32.2. The highest BCUT2D eigenvalue weighted by Crippen LogP contribution is 2.42. The summed E-state index contributed by atoms with van der Waals surface area (Å²) in [6.07, 6.45) is 0.831. The number of ether oxygens (including phenoxy) is 1. The molecule has 7 heteroatoms. The van der Waals surface area contributed by atoms with Crippen LogP contribution in [0.25, 0.3) is 0 Å². The van der Waals surface area contributed by atoms with E-state index in [1.165, 1.54) is 0 Å². The molecule has 6 nitrogen and oxygen atoms in total. The molecule has 0 radical (unpaired) electrons. The number of hydrogen-bond donors (Lipinski definition) is 3. The van der Waals surface area contributed by atoms with Crippen LogP contribution < -0.4 is 5.32 Å². The van der Waals surface area contributed by atoms with Crippen LogP contribution in [-0.4, -0.2) is 64.8 Å². The Labute approximate surface area is 190 Å². The Morgan fingerprint density at radius 2 is 1.68 bits per heavy atom. The number of rotatable bonds is 5. The van der Waals surface area contributed by atoms with Gasteiger partial charge in [-0.2, -0.15) is 0 Å². The number of likely N-dealkylation sites (tertiary alicyclic amines) is 1. The number of phenolic OH excluding ortho intramolecular Hbond substituents is 1. The molecule has 2 aliphatic heterocycles. The molecule has 31 heavy (non-hydrogen) atoms. The molecule has 1 aromatic carbocycles. The van der Waals surface area contributed by atoms with Crippen LogP contribution in [0.4, 0.5) is 4.79 Å². The number of aliphatic hydroxyl groups excluding tert-OH is 1. The van der Waals surface area contributed by atoms with Crippen LogP contribution in [0.3, 0.4) is 0 Å². The van der Waals surface area contributed by atoms with Crippen molar-refractivity contribution in [1.82, 2.24) is 10.2 Å². The number of carbonyl (C=O) groups is 1. The van der Waals surface area contributed by atoms with Gasteiger partial charge in [0.15, 0.2) is 0 Å². The van der Waals surface area contributed by atoms with Gasteiger partial charge in [-0.15, -0.1) is 11.8 Å². The van der Waals surface area contributed by atoms with E-state index < -0.39 is 6.10 Å². The summed E-state index contributed by atoms with van der Waals surface area (Å²) in [6, 6.07) is 4.13. The van der Waals surface area contributed by atoms with Crippen molar-refractivity contribution in [3.05, 3.63) is 23.3 Å². The number of aliphatic hydroxyl groups is 1. The lowest BCUT2D eigenvalue weighted by Crippen LogP contribution is -2.48. The number of hydrogen-bond acceptors (Lipinski definition) is 6. The monoisotopic (exact) mass is 450 g/mol. The molecule has 3 N–H and O–H groups in total. The minimum atomic E-state index is -0.451. The van der Waals surface area contributed by atoms with Crippen LogP contribution >= 0.6 is 11.8 Å². The number of aromatic hydroxyl groups is 1. The van der Waals surface area contributed by atoms with Crippen molar-refractivity contribution in [2.45, 2.75) is 81.8 Å². The molecule has 1 unspecified atom stereocenters. The Morgan fingerprint density at radius 3 is 2.13 bits per heavy atom. The predicted molar refractivity (Wildman–Crippen MR) is 125 cm³/mol. The van der Waals surface area contributed by atoms with Gasteiger partial charge in [0, 0.05) is 54.3 Å². The van der Waals surface area contributed by atoms with Gasteiger partial charge in [-0.05, 0) is 23.0 Å². The number of thioether (sulfide) groups is 1. The first-order chi connectivity index (χ1) is 14.3. The first-order valence-electron chi connectivity index (χ1n) is 11.2. The third-order valence-electron chi connectivity index (χ3n) is 6.24. The lowest BCUT2D eigenvalue weighted by Gasteiger charge is -2.37. The van der Waals surface area contributed by atoms with Crippen molar-refractivity contribution in [3.63, 3.8) is 0 Å². The Bertz CT molecular complexity index is 770. The zero-order valence-electron chi connectivity index (χ0n) is 19.7. The van der Waals surface area contributed by atoms with Gasteiger partial charge in [-0.25, -0.2) is 4.79 Å². The summed E-state index contributed by atoms with van der Waals surface area (Å²) in [7, 11) is 0. The van der Waals surface area contributed by atoms with Crippen LogP contribution in [-0.2, 0) is 15.6 Å². The molecule has 0 saturated carbocycles. The molecule has 0 aliphatic carbocycles. The quantitative estimate of drug-likeness (QED) is 0.588. The number of amides is 1. The van der Waals surface area contributed by atoms with Crippen molar-refractivity contribution < 1.29 is 19.7 Å². The van der Waals surface area contributed by atoms with Crippen molar-refractivity contribution in [2.75, 3.05) is 31.9 Å². The highest BCUT2D eigenvalue weighted by molar-refractivity contribution is 7.99. The molecule has 0 bridgehead atoms. The highest BCUT2D eigenvalue weighted by Gasteiger charge is 2.42. The topological polar surface area (TPSA) is 82.0 Å². The lowest BCUT2D eigenvalue weighted by atomic mass is 9.79. The van der Waals surface area contributed by atoms with E-state index in [4.69, 9.17) is 4.74 Å². The average molecular weight is 451 g/mol. The molecule has 174 valence electrons. The van der Waals surface area contributed by atoms with Gasteiger partial charge in [0.2, 0.25) is 0 Å². The molecule has 2 saturated heterocycles. The second kappa shape index (κ2) is 8.83. The van der Waals surface area contributed by atoms with E-state index in [2.05, 4.69) is 63.9 Å². The smallest absolute Gasteiger partial charge is 0.407 e. The number of phenols is 1. The number of benzene rings is 1. The van der Waals surface area contributed by atoms with Gasteiger partial charge in [-0.3, -0.25) is 0 Å². The lowest BCUT2D eigenvalue weighted by molar-refractivity contribution is -0.00769. The summed E-state index contributed by atoms with van der Waals surface area (Å²) in [4.78, 5) is 14.7. The molecule has 1 atom stereocenters. The fraction of sp³-hybridized carbons (Fsp3) is 0.708. The van der Waals surface area contributed by atoms with Crippen molar-refractivity contribution in [1.29, 1.82) is 0 Å². The molecule has 2 fully saturated rings. The number of piperidine rings is 1. The van der Waals surface area contributed by atoms with Gasteiger partial charge >= 0.3 is 6.09 Å². The second-order valence-electron chi connectivity index (χ2n) is 11.1. The molecule has 1 spiro atoms. The number of alkyl carbamates (subject to hydrolysis) is 1. The molecule has 1 aromatic rings. The number of carbonyl (C=O) groups excluding carboxylic acids is 1. The summed E-state index contributed by atoms with van der Waals surface area (Å²) < 4.78 is 5.47. The van der Waals surface area contributed by atoms with Gasteiger partial charge in [0.1, 0.15) is 11.4 Å². The van der Waals surface area contributed by atoms with E-state index in [1.807, 2.05) is 0 Å². The maximum atomic E-state index is 11.4. The average Bonchev–Trinajstić information content (AvgIpc) is 3.01. The number of β-amino-alcohol motifs (C(OH)–C–C–N with tert-alkyl or cyclic N) is 1. The SMILES string of the molecule is CC(C)(C)c1cc(SCC(O)CN2CCC3(CC2)CNC(=O)O3)cc(C(C)(C)C)c1O. The molecular formula is C24H38N2O4S. The van der Waals surface area contributed by atoms with E-state index in [1.54, 1.807) is 11.8 Å².